The SMILES string of the molecule is Cc1ccc(-c2cccnc2CN)cc1.Cl.Cl. The summed E-state index contributed by atoms with van der Waals surface area (Å²) in [5.74, 6) is 0. The van der Waals surface area contributed by atoms with Gasteiger partial charge in [-0.1, -0.05) is 35.9 Å². The van der Waals surface area contributed by atoms with Gasteiger partial charge in [0.05, 0.1) is 5.69 Å². The highest BCUT2D eigenvalue weighted by molar-refractivity contribution is 5.85. The normalized spacial score (nSPS) is 9.06. The van der Waals surface area contributed by atoms with Crippen LogP contribution in [0.2, 0.25) is 0 Å². The minimum absolute atomic E-state index is 0. The molecule has 0 atom stereocenters. The summed E-state index contributed by atoms with van der Waals surface area (Å²) in [5.41, 5.74) is 10.2. The third-order valence-corrected chi connectivity index (χ3v) is 2.45. The molecule has 92 valence electrons. The van der Waals surface area contributed by atoms with Crippen LogP contribution < -0.4 is 5.73 Å². The van der Waals surface area contributed by atoms with Crippen molar-refractivity contribution < 1.29 is 0 Å². The molecule has 0 saturated carbocycles. The van der Waals surface area contributed by atoms with E-state index in [4.69, 9.17) is 5.73 Å². The molecule has 1 aromatic carbocycles. The van der Waals surface area contributed by atoms with E-state index in [0.717, 1.165) is 11.3 Å². The fraction of sp³-hybridized carbons (Fsp3) is 0.154. The number of aryl methyl sites for hydroxylation is 1. The van der Waals surface area contributed by atoms with Crippen LogP contribution in [-0.2, 0) is 6.54 Å². The van der Waals surface area contributed by atoms with E-state index in [-0.39, 0.29) is 24.8 Å². The maximum absolute atomic E-state index is 5.66. The molecule has 0 radical (unpaired) electrons. The average molecular weight is 271 g/mol. The number of benzene rings is 1. The Balaban J connectivity index is 0.00000128. The van der Waals surface area contributed by atoms with E-state index in [2.05, 4.69) is 42.2 Å². The van der Waals surface area contributed by atoms with Crippen molar-refractivity contribution in [3.63, 3.8) is 0 Å². The molecule has 17 heavy (non-hydrogen) atoms. The van der Waals surface area contributed by atoms with Crippen molar-refractivity contribution in [3.05, 3.63) is 53.9 Å². The quantitative estimate of drug-likeness (QED) is 0.909. The predicted octanol–water partition coefficient (Wildman–Crippen LogP) is 3.36. The zero-order chi connectivity index (χ0) is 10.7. The van der Waals surface area contributed by atoms with Gasteiger partial charge < -0.3 is 5.73 Å². The summed E-state index contributed by atoms with van der Waals surface area (Å²) in [6, 6.07) is 12.4. The summed E-state index contributed by atoms with van der Waals surface area (Å²) in [7, 11) is 0. The van der Waals surface area contributed by atoms with Crippen LogP contribution in [0.1, 0.15) is 11.3 Å². The lowest BCUT2D eigenvalue weighted by atomic mass is 10.0. The molecule has 2 nitrogen and oxygen atoms in total. The van der Waals surface area contributed by atoms with Crippen LogP contribution in [-0.4, -0.2) is 4.98 Å². The second kappa shape index (κ2) is 7.28. The fourth-order valence-corrected chi connectivity index (χ4v) is 1.60. The largest absolute Gasteiger partial charge is 0.325 e. The van der Waals surface area contributed by atoms with E-state index >= 15 is 0 Å². The van der Waals surface area contributed by atoms with Gasteiger partial charge in [-0.3, -0.25) is 4.98 Å². The molecule has 2 aromatic rings. The zero-order valence-corrected chi connectivity index (χ0v) is 11.2. The van der Waals surface area contributed by atoms with Crippen molar-refractivity contribution >= 4 is 24.8 Å². The molecule has 1 heterocycles. The molecule has 2 rings (SSSR count). The highest BCUT2D eigenvalue weighted by Gasteiger charge is 2.03. The topological polar surface area (TPSA) is 38.9 Å². The number of hydrogen-bond acceptors (Lipinski definition) is 2. The lowest BCUT2D eigenvalue weighted by Gasteiger charge is -2.06. The molecule has 0 spiro atoms. The molecular formula is C13H16Cl2N2. The number of pyridine rings is 1. The van der Waals surface area contributed by atoms with Gasteiger partial charge in [0, 0.05) is 18.3 Å². The number of nitrogens with two attached hydrogens (primary N) is 1. The maximum atomic E-state index is 5.66. The Kier molecular flexibility index (Phi) is 6.81. The van der Waals surface area contributed by atoms with E-state index in [9.17, 15) is 0 Å². The first-order valence-corrected chi connectivity index (χ1v) is 5.02. The van der Waals surface area contributed by atoms with Crippen molar-refractivity contribution in [1.29, 1.82) is 0 Å². The number of hydrogen-bond donors (Lipinski definition) is 1. The van der Waals surface area contributed by atoms with Crippen molar-refractivity contribution in [3.8, 4) is 11.1 Å². The summed E-state index contributed by atoms with van der Waals surface area (Å²) in [6.45, 7) is 2.56. The molecule has 0 aliphatic carbocycles. The molecule has 0 unspecified atom stereocenters. The van der Waals surface area contributed by atoms with Gasteiger partial charge in [-0.25, -0.2) is 0 Å². The highest BCUT2D eigenvalue weighted by Crippen LogP contribution is 2.21. The highest BCUT2D eigenvalue weighted by atomic mass is 35.5. The molecular weight excluding hydrogens is 255 g/mol. The van der Waals surface area contributed by atoms with Crippen LogP contribution in [0.5, 0.6) is 0 Å². The van der Waals surface area contributed by atoms with Crippen molar-refractivity contribution in [1.82, 2.24) is 4.98 Å². The number of rotatable bonds is 2. The maximum Gasteiger partial charge on any atom is 0.0617 e. The van der Waals surface area contributed by atoms with Gasteiger partial charge in [0.15, 0.2) is 0 Å². The van der Waals surface area contributed by atoms with Gasteiger partial charge >= 0.3 is 0 Å². The van der Waals surface area contributed by atoms with E-state index < -0.39 is 0 Å². The van der Waals surface area contributed by atoms with Crippen LogP contribution in [0.15, 0.2) is 42.6 Å². The van der Waals surface area contributed by atoms with Crippen molar-refractivity contribution in [2.24, 2.45) is 5.73 Å². The Labute approximate surface area is 114 Å². The summed E-state index contributed by atoms with van der Waals surface area (Å²) >= 11 is 0. The Morgan fingerprint density at radius 3 is 2.29 bits per heavy atom. The lowest BCUT2D eigenvalue weighted by Crippen LogP contribution is -2.01. The Hall–Kier alpha value is -1.09. The molecule has 0 amide bonds. The molecule has 0 aliphatic heterocycles. The Morgan fingerprint density at radius 2 is 1.71 bits per heavy atom. The molecule has 0 bridgehead atoms. The number of halogens is 2. The second-order valence-electron chi connectivity index (χ2n) is 3.57. The van der Waals surface area contributed by atoms with Gasteiger partial charge in [-0.05, 0) is 18.6 Å². The van der Waals surface area contributed by atoms with Gasteiger partial charge in [0.1, 0.15) is 0 Å². The first-order valence-electron chi connectivity index (χ1n) is 5.02. The second-order valence-corrected chi connectivity index (χ2v) is 3.57. The summed E-state index contributed by atoms with van der Waals surface area (Å²) in [4.78, 5) is 4.27. The van der Waals surface area contributed by atoms with E-state index in [1.54, 1.807) is 6.20 Å². The third-order valence-electron chi connectivity index (χ3n) is 2.45. The van der Waals surface area contributed by atoms with E-state index in [0.29, 0.717) is 6.54 Å². The summed E-state index contributed by atoms with van der Waals surface area (Å²) in [6.07, 6.45) is 1.78. The van der Waals surface area contributed by atoms with Crippen molar-refractivity contribution in [2.75, 3.05) is 0 Å². The Bertz CT molecular complexity index is 455. The third kappa shape index (κ3) is 3.70. The van der Waals surface area contributed by atoms with Gasteiger partial charge in [0.25, 0.3) is 0 Å². The standard InChI is InChI=1S/C13H14N2.2ClH/c1-10-4-6-11(7-5-10)12-3-2-8-15-13(12)9-14;;/h2-8H,9,14H2,1H3;2*1H. The first kappa shape index (κ1) is 15.9. The van der Waals surface area contributed by atoms with Gasteiger partial charge in [-0.15, -0.1) is 24.8 Å². The predicted molar refractivity (Wildman–Crippen MR) is 76.8 cm³/mol. The van der Waals surface area contributed by atoms with Crippen LogP contribution in [0.4, 0.5) is 0 Å². The minimum atomic E-state index is 0. The van der Waals surface area contributed by atoms with E-state index in [1.807, 2.05) is 6.07 Å². The van der Waals surface area contributed by atoms with Crippen LogP contribution in [0, 0.1) is 6.92 Å². The lowest BCUT2D eigenvalue weighted by molar-refractivity contribution is 0.994. The molecule has 4 heteroatoms. The minimum Gasteiger partial charge on any atom is -0.325 e. The van der Waals surface area contributed by atoms with Crippen molar-refractivity contribution in [2.45, 2.75) is 13.5 Å². The zero-order valence-electron chi connectivity index (χ0n) is 9.59. The first-order chi connectivity index (χ1) is 7.31. The summed E-state index contributed by atoms with van der Waals surface area (Å²) in [5, 5.41) is 0. The number of nitrogens with zero attached hydrogens (tertiary/aromatic N) is 1. The fourth-order valence-electron chi connectivity index (χ4n) is 1.60. The molecule has 0 aliphatic rings. The molecule has 2 N–H and O–H groups in total. The Morgan fingerprint density at radius 1 is 1.06 bits per heavy atom. The molecule has 0 saturated heterocycles. The van der Waals surface area contributed by atoms with Gasteiger partial charge in [-0.2, -0.15) is 0 Å². The molecule has 1 aromatic heterocycles. The van der Waals surface area contributed by atoms with Crippen LogP contribution >= 0.6 is 24.8 Å². The summed E-state index contributed by atoms with van der Waals surface area (Å²) < 4.78 is 0. The van der Waals surface area contributed by atoms with E-state index in [1.165, 1.54) is 11.1 Å². The number of aromatic nitrogens is 1. The average Bonchev–Trinajstić information content (AvgIpc) is 2.30. The smallest absolute Gasteiger partial charge is 0.0617 e. The molecule has 0 fully saturated rings. The van der Waals surface area contributed by atoms with Crippen LogP contribution in [0.3, 0.4) is 0 Å². The monoisotopic (exact) mass is 270 g/mol. The van der Waals surface area contributed by atoms with Crippen LogP contribution in [0.25, 0.3) is 11.1 Å². The van der Waals surface area contributed by atoms with Gasteiger partial charge in [0.2, 0.25) is 0 Å².